The SMILES string of the molecule is CNC[C@H](CCO)O[C@H]1c2c3c(c4cc(O)ccc4c2O[C@@H](CCCOC)[C@H]1[C@H]1COc2c(Cc4cc(O)ccc4-c4cccc(O)c4)cc(OC4CCCC4)cc2[C@H]1O)OCCC3. The number of ether oxygens (including phenoxy) is 6. The second-order valence-electron chi connectivity index (χ2n) is 17.9. The fraction of sp³-hybridized carbons (Fsp3) is 0.462. The van der Waals surface area contributed by atoms with Crippen molar-refractivity contribution in [2.45, 2.75) is 94.7 Å². The van der Waals surface area contributed by atoms with Crippen molar-refractivity contribution in [3.05, 3.63) is 101 Å². The third-order valence-electron chi connectivity index (χ3n) is 13.6. The highest BCUT2D eigenvalue weighted by Gasteiger charge is 2.51. The Morgan fingerprint density at radius 3 is 2.45 bits per heavy atom. The van der Waals surface area contributed by atoms with Crippen LogP contribution in [0, 0.1) is 11.8 Å². The van der Waals surface area contributed by atoms with Crippen molar-refractivity contribution in [2.24, 2.45) is 11.8 Å². The molecule has 0 amide bonds. The van der Waals surface area contributed by atoms with E-state index in [1.807, 2.05) is 37.4 Å². The van der Waals surface area contributed by atoms with Crippen molar-refractivity contribution in [1.29, 1.82) is 0 Å². The summed E-state index contributed by atoms with van der Waals surface area (Å²) in [5, 5.41) is 60.1. The molecule has 1 saturated carbocycles. The summed E-state index contributed by atoms with van der Waals surface area (Å²) in [6, 6.07) is 21.5. The zero-order chi connectivity index (χ0) is 44.3. The van der Waals surface area contributed by atoms with Gasteiger partial charge in [0.2, 0.25) is 0 Å². The molecule has 12 nitrogen and oxygen atoms in total. The monoisotopic (exact) mass is 875 g/mol. The van der Waals surface area contributed by atoms with Gasteiger partial charge in [-0.05, 0) is 136 Å². The number of nitrogens with one attached hydrogen (secondary N) is 1. The number of methoxy groups -OCH3 is 1. The molecule has 0 bridgehead atoms. The van der Waals surface area contributed by atoms with Crippen molar-refractivity contribution >= 4 is 10.8 Å². The zero-order valence-electron chi connectivity index (χ0n) is 36.8. The molecule has 6 atom stereocenters. The smallest absolute Gasteiger partial charge is 0.133 e. The summed E-state index contributed by atoms with van der Waals surface area (Å²) < 4.78 is 40.2. The van der Waals surface area contributed by atoms with Crippen LogP contribution >= 0.6 is 0 Å². The first-order valence-electron chi connectivity index (χ1n) is 23.0. The maximum Gasteiger partial charge on any atom is 0.133 e. The van der Waals surface area contributed by atoms with E-state index in [0.717, 1.165) is 76.3 Å². The van der Waals surface area contributed by atoms with Gasteiger partial charge in [0.15, 0.2) is 0 Å². The van der Waals surface area contributed by atoms with Gasteiger partial charge in [-0.25, -0.2) is 0 Å². The van der Waals surface area contributed by atoms with Crippen LogP contribution in [0.5, 0.6) is 40.2 Å². The molecule has 4 aliphatic rings. The number of aliphatic hydroxyl groups excluding tert-OH is 2. The van der Waals surface area contributed by atoms with Crippen molar-refractivity contribution in [2.75, 3.05) is 47.1 Å². The van der Waals surface area contributed by atoms with E-state index in [9.17, 15) is 25.5 Å². The van der Waals surface area contributed by atoms with Gasteiger partial charge in [0.25, 0.3) is 0 Å². The van der Waals surface area contributed by atoms with Crippen LogP contribution in [0.15, 0.2) is 72.8 Å². The first kappa shape index (κ1) is 44.0. The molecule has 1 aliphatic carbocycles. The molecule has 3 aliphatic heterocycles. The largest absolute Gasteiger partial charge is 0.508 e. The van der Waals surface area contributed by atoms with Gasteiger partial charge in [-0.2, -0.15) is 0 Å². The predicted octanol–water partition coefficient (Wildman–Crippen LogP) is 8.43. The molecule has 5 aromatic carbocycles. The van der Waals surface area contributed by atoms with Gasteiger partial charge in [0, 0.05) is 78.2 Å². The molecule has 9 rings (SSSR count). The minimum Gasteiger partial charge on any atom is -0.508 e. The minimum atomic E-state index is -1.03. The molecule has 0 aromatic heterocycles. The zero-order valence-corrected chi connectivity index (χ0v) is 36.8. The first-order valence-corrected chi connectivity index (χ1v) is 23.0. The van der Waals surface area contributed by atoms with Gasteiger partial charge < -0.3 is 59.3 Å². The van der Waals surface area contributed by atoms with E-state index in [1.54, 1.807) is 49.6 Å². The van der Waals surface area contributed by atoms with Crippen molar-refractivity contribution in [3.8, 4) is 51.4 Å². The van der Waals surface area contributed by atoms with Crippen LogP contribution in [0.4, 0.5) is 0 Å². The topological polar surface area (TPSA) is 169 Å². The van der Waals surface area contributed by atoms with Crippen LogP contribution in [0.3, 0.4) is 0 Å². The fourth-order valence-corrected chi connectivity index (χ4v) is 10.7. The second-order valence-corrected chi connectivity index (χ2v) is 17.9. The summed E-state index contributed by atoms with van der Waals surface area (Å²) in [4.78, 5) is 0. The lowest BCUT2D eigenvalue weighted by molar-refractivity contribution is -0.135. The van der Waals surface area contributed by atoms with Crippen molar-refractivity contribution < 1.29 is 54.0 Å². The lowest BCUT2D eigenvalue weighted by atomic mass is 9.71. The molecular formula is C52H61NO11. The highest BCUT2D eigenvalue weighted by Crippen LogP contribution is 2.57. The number of hydrogen-bond acceptors (Lipinski definition) is 12. The average molecular weight is 876 g/mol. The first-order chi connectivity index (χ1) is 31.2. The Balaban J connectivity index is 1.18. The van der Waals surface area contributed by atoms with Crippen LogP contribution in [-0.4, -0.2) is 91.0 Å². The van der Waals surface area contributed by atoms with E-state index in [4.69, 9.17) is 28.4 Å². The molecule has 340 valence electrons. The number of hydrogen-bond donors (Lipinski definition) is 6. The average Bonchev–Trinajstić information content (AvgIpc) is 3.80. The van der Waals surface area contributed by atoms with Crippen LogP contribution in [-0.2, 0) is 22.3 Å². The number of likely N-dealkylation sites (N-methyl/N-ethyl adjacent to an activating group) is 1. The molecule has 0 unspecified atom stereocenters. The van der Waals surface area contributed by atoms with Gasteiger partial charge in [-0.3, -0.25) is 0 Å². The molecule has 0 spiro atoms. The maximum absolute atomic E-state index is 13.0. The third-order valence-corrected chi connectivity index (χ3v) is 13.6. The Hall–Kier alpha value is -5.24. The number of fused-ring (bicyclic) bond motifs is 7. The molecule has 1 fully saturated rings. The van der Waals surface area contributed by atoms with E-state index in [-0.39, 0.29) is 42.7 Å². The molecule has 3 heterocycles. The van der Waals surface area contributed by atoms with Crippen LogP contribution in [0.1, 0.15) is 91.4 Å². The number of aliphatic hydroxyl groups is 2. The van der Waals surface area contributed by atoms with E-state index in [0.29, 0.717) is 80.4 Å². The summed E-state index contributed by atoms with van der Waals surface area (Å²) in [5.74, 6) is 2.06. The van der Waals surface area contributed by atoms with E-state index in [1.165, 1.54) is 0 Å². The van der Waals surface area contributed by atoms with Crippen LogP contribution in [0.2, 0.25) is 0 Å². The molecule has 12 heteroatoms. The maximum atomic E-state index is 13.0. The Morgan fingerprint density at radius 2 is 1.66 bits per heavy atom. The van der Waals surface area contributed by atoms with Crippen molar-refractivity contribution in [3.63, 3.8) is 0 Å². The number of benzene rings is 5. The van der Waals surface area contributed by atoms with Crippen LogP contribution < -0.4 is 24.3 Å². The summed E-state index contributed by atoms with van der Waals surface area (Å²) in [6.45, 7) is 1.64. The number of phenolic OH excluding ortho intramolecular Hbond substituents is 3. The van der Waals surface area contributed by atoms with Gasteiger partial charge >= 0.3 is 0 Å². The normalized spacial score (nSPS) is 22.2. The highest BCUT2D eigenvalue weighted by atomic mass is 16.5. The summed E-state index contributed by atoms with van der Waals surface area (Å²) >= 11 is 0. The number of rotatable bonds is 16. The molecule has 6 N–H and O–H groups in total. The Bertz CT molecular complexity index is 2430. The Labute approximate surface area is 374 Å². The van der Waals surface area contributed by atoms with E-state index >= 15 is 0 Å². The molecule has 64 heavy (non-hydrogen) atoms. The molecular weight excluding hydrogens is 815 g/mol. The van der Waals surface area contributed by atoms with E-state index < -0.39 is 30.1 Å². The van der Waals surface area contributed by atoms with E-state index in [2.05, 4.69) is 5.32 Å². The predicted molar refractivity (Wildman–Crippen MR) is 243 cm³/mol. The van der Waals surface area contributed by atoms with Crippen LogP contribution in [0.25, 0.3) is 21.9 Å². The summed E-state index contributed by atoms with van der Waals surface area (Å²) in [7, 11) is 3.56. The summed E-state index contributed by atoms with van der Waals surface area (Å²) in [5.41, 5.74) is 5.74. The minimum absolute atomic E-state index is 0.0546. The number of phenols is 3. The second kappa shape index (κ2) is 19.5. The standard InChI is InChI=1S/C52H61NO11/c1-53-28-37(18-19-54)63-52-46(45(13-7-20-59-2)64-51-40-17-15-35(57)26-42(40)50-41(47(51)52)12-6-21-60-50)44-29-61-49-32(25-38(27-43(49)48(44)58)62-36-10-3-4-11-36)22-31-24-34(56)14-16-39(31)30-8-5-9-33(55)23-30/h5,8-9,14-17,23-27,36-37,44-46,48,52-58H,3-4,6-7,10-13,18-22,28-29H2,1-2H3/t37-,44+,45-,46+,48+,52+/m0/s1. The Morgan fingerprint density at radius 1 is 0.844 bits per heavy atom. The fourth-order valence-electron chi connectivity index (χ4n) is 10.7. The lowest BCUT2D eigenvalue weighted by Gasteiger charge is -2.48. The Kier molecular flexibility index (Phi) is 13.4. The summed E-state index contributed by atoms with van der Waals surface area (Å²) in [6.07, 6.45) is 5.24. The van der Waals surface area contributed by atoms with Gasteiger partial charge in [0.05, 0.1) is 37.6 Å². The molecule has 0 radical (unpaired) electrons. The van der Waals surface area contributed by atoms with Gasteiger partial charge in [0.1, 0.15) is 46.4 Å². The highest BCUT2D eigenvalue weighted by molar-refractivity contribution is 5.97. The third kappa shape index (κ3) is 8.91. The molecule has 0 saturated heterocycles. The van der Waals surface area contributed by atoms with Gasteiger partial charge in [-0.1, -0.05) is 18.2 Å². The number of aromatic hydroxyl groups is 3. The van der Waals surface area contributed by atoms with Crippen molar-refractivity contribution in [1.82, 2.24) is 5.32 Å². The quantitative estimate of drug-likeness (QED) is 0.0525. The molecule has 5 aromatic rings. The lowest BCUT2D eigenvalue weighted by Crippen LogP contribution is -2.48. The van der Waals surface area contributed by atoms with Gasteiger partial charge in [-0.15, -0.1) is 0 Å².